The quantitative estimate of drug-likeness (QED) is 0.478. The maximum Gasteiger partial charge on any atom is 0.224 e. The van der Waals surface area contributed by atoms with Crippen molar-refractivity contribution in [3.63, 3.8) is 0 Å². The Morgan fingerprint density at radius 2 is 2.00 bits per heavy atom. The highest BCUT2D eigenvalue weighted by atomic mass is 35.5. The van der Waals surface area contributed by atoms with Crippen LogP contribution in [-0.2, 0) is 6.42 Å². The molecule has 1 aromatic rings. The van der Waals surface area contributed by atoms with Crippen LogP contribution in [0.5, 0.6) is 0 Å². The molecule has 0 radical (unpaired) electrons. The monoisotopic (exact) mass is 201 g/mol. The predicted molar refractivity (Wildman–Crippen MR) is 48.5 cm³/mol. The first-order valence-electron chi connectivity index (χ1n) is 3.43. The Bertz CT molecular complexity index is 373. The van der Waals surface area contributed by atoms with Gasteiger partial charge in [0.15, 0.2) is 5.15 Å². The third-order valence-corrected chi connectivity index (χ3v) is 2.04. The minimum atomic E-state index is 0.184. The molecule has 1 aromatic heterocycles. The van der Waals surface area contributed by atoms with Gasteiger partial charge in [0.1, 0.15) is 5.69 Å². The molecule has 2 rings (SSSR count). The van der Waals surface area contributed by atoms with Crippen LogP contribution in [0.15, 0.2) is 4.99 Å². The topological polar surface area (TPSA) is 38.1 Å². The van der Waals surface area contributed by atoms with Gasteiger partial charge in [-0.3, -0.25) is 4.99 Å². The highest BCUT2D eigenvalue weighted by Crippen LogP contribution is 2.32. The Labute approximate surface area is 79.5 Å². The number of aliphatic imine (C=N–C) groups is 1. The summed E-state index contributed by atoms with van der Waals surface area (Å²) in [5.74, 6) is 0. The van der Waals surface area contributed by atoms with Gasteiger partial charge >= 0.3 is 0 Å². The molecule has 1 aliphatic heterocycles. The van der Waals surface area contributed by atoms with Gasteiger partial charge in [-0.2, -0.15) is 0 Å². The first kappa shape index (κ1) is 7.95. The number of fused-ring (bicyclic) bond motifs is 1. The number of hydrogen-bond donors (Lipinski definition) is 0. The third-order valence-electron chi connectivity index (χ3n) is 1.61. The minimum absolute atomic E-state index is 0.184. The van der Waals surface area contributed by atoms with Crippen molar-refractivity contribution in [2.45, 2.75) is 13.3 Å². The summed E-state index contributed by atoms with van der Waals surface area (Å²) in [6.45, 7) is 1.92. The van der Waals surface area contributed by atoms with Crippen molar-refractivity contribution in [2.24, 2.45) is 4.99 Å². The lowest BCUT2D eigenvalue weighted by molar-refractivity contribution is 1.09. The van der Waals surface area contributed by atoms with Crippen LogP contribution < -0.4 is 0 Å². The van der Waals surface area contributed by atoms with Crippen LogP contribution in [0.2, 0.25) is 10.4 Å². The van der Waals surface area contributed by atoms with Gasteiger partial charge in [-0.05, 0) is 18.5 Å². The number of hydrogen-bond acceptors (Lipinski definition) is 3. The smallest absolute Gasteiger partial charge is 0.224 e. The predicted octanol–water partition coefficient (Wildman–Crippen LogP) is 2.43. The molecule has 0 spiro atoms. The van der Waals surface area contributed by atoms with Crippen LogP contribution in [-0.4, -0.2) is 15.7 Å². The first-order valence-corrected chi connectivity index (χ1v) is 4.18. The zero-order chi connectivity index (χ0) is 8.72. The van der Waals surface area contributed by atoms with Crippen molar-refractivity contribution in [1.29, 1.82) is 0 Å². The van der Waals surface area contributed by atoms with Gasteiger partial charge in [-0.1, -0.05) is 11.6 Å². The molecule has 12 heavy (non-hydrogen) atoms. The number of aromatic nitrogens is 2. The summed E-state index contributed by atoms with van der Waals surface area (Å²) in [4.78, 5) is 12.0. The van der Waals surface area contributed by atoms with Gasteiger partial charge in [0.05, 0.1) is 5.69 Å². The molecule has 0 fully saturated rings. The Balaban J connectivity index is 2.62. The van der Waals surface area contributed by atoms with Crippen molar-refractivity contribution in [2.75, 3.05) is 0 Å². The molecular weight excluding hydrogens is 197 g/mol. The molecule has 5 heteroatoms. The van der Waals surface area contributed by atoms with Crippen molar-refractivity contribution < 1.29 is 0 Å². The zero-order valence-electron chi connectivity index (χ0n) is 6.30. The molecule has 0 atom stereocenters. The number of nitrogens with zero attached hydrogens (tertiary/aromatic N) is 3. The summed E-state index contributed by atoms with van der Waals surface area (Å²) >= 11 is 11.4. The van der Waals surface area contributed by atoms with Gasteiger partial charge in [-0.15, -0.1) is 0 Å². The molecule has 0 saturated carbocycles. The SMILES string of the molecule is CC1=Nc2c(Cl)nc(Cl)nc2C1. The highest BCUT2D eigenvalue weighted by molar-refractivity contribution is 6.34. The fourth-order valence-corrected chi connectivity index (χ4v) is 1.61. The summed E-state index contributed by atoms with van der Waals surface area (Å²) in [5.41, 5.74) is 2.47. The average molecular weight is 202 g/mol. The van der Waals surface area contributed by atoms with Crippen LogP contribution in [0.4, 0.5) is 5.69 Å². The standard InChI is InChI=1S/C7H5Cl2N3/c1-3-2-4-5(10-3)6(8)12-7(9)11-4/h2H2,1H3. The third kappa shape index (κ3) is 1.19. The number of halogens is 2. The zero-order valence-corrected chi connectivity index (χ0v) is 7.82. The molecule has 0 unspecified atom stereocenters. The second kappa shape index (κ2) is 2.68. The lowest BCUT2D eigenvalue weighted by Crippen LogP contribution is -1.93. The summed E-state index contributed by atoms with van der Waals surface area (Å²) in [6, 6.07) is 0. The maximum absolute atomic E-state index is 5.80. The van der Waals surface area contributed by atoms with Crippen LogP contribution in [0, 0.1) is 0 Å². The highest BCUT2D eigenvalue weighted by Gasteiger charge is 2.17. The second-order valence-electron chi connectivity index (χ2n) is 2.60. The van der Waals surface area contributed by atoms with E-state index in [0.29, 0.717) is 10.8 Å². The molecule has 1 aliphatic rings. The maximum atomic E-state index is 5.80. The summed E-state index contributed by atoms with van der Waals surface area (Å²) < 4.78 is 0. The van der Waals surface area contributed by atoms with E-state index < -0.39 is 0 Å². The fourth-order valence-electron chi connectivity index (χ4n) is 1.15. The van der Waals surface area contributed by atoms with Crippen molar-refractivity contribution in [1.82, 2.24) is 9.97 Å². The molecule has 62 valence electrons. The molecule has 0 N–H and O–H groups in total. The molecule has 2 heterocycles. The Morgan fingerprint density at radius 1 is 1.25 bits per heavy atom. The van der Waals surface area contributed by atoms with E-state index in [-0.39, 0.29) is 5.28 Å². The molecular formula is C7H5Cl2N3. The summed E-state index contributed by atoms with van der Waals surface area (Å²) in [6.07, 6.45) is 0.720. The Kier molecular flexibility index (Phi) is 1.77. The van der Waals surface area contributed by atoms with E-state index in [1.807, 2.05) is 6.92 Å². The van der Waals surface area contributed by atoms with E-state index in [4.69, 9.17) is 23.2 Å². The molecule has 0 amide bonds. The second-order valence-corrected chi connectivity index (χ2v) is 3.30. The van der Waals surface area contributed by atoms with Crippen molar-refractivity contribution >= 4 is 34.6 Å². The first-order chi connectivity index (χ1) is 5.66. The van der Waals surface area contributed by atoms with Crippen LogP contribution >= 0.6 is 23.2 Å². The fraction of sp³-hybridized carbons (Fsp3) is 0.286. The van der Waals surface area contributed by atoms with Crippen molar-refractivity contribution in [3.05, 3.63) is 16.1 Å². The molecule has 0 aromatic carbocycles. The normalized spacial score (nSPS) is 14.4. The lowest BCUT2D eigenvalue weighted by atomic mass is 10.2. The molecule has 3 nitrogen and oxygen atoms in total. The van der Waals surface area contributed by atoms with E-state index in [1.165, 1.54) is 0 Å². The van der Waals surface area contributed by atoms with Crippen LogP contribution in [0.1, 0.15) is 12.6 Å². The summed E-state index contributed by atoms with van der Waals surface area (Å²) in [7, 11) is 0. The van der Waals surface area contributed by atoms with Gasteiger partial charge in [-0.25, -0.2) is 9.97 Å². The number of rotatable bonds is 0. The minimum Gasteiger partial charge on any atom is -0.253 e. The van der Waals surface area contributed by atoms with Crippen LogP contribution in [0.25, 0.3) is 0 Å². The Hall–Kier alpha value is -0.670. The van der Waals surface area contributed by atoms with E-state index >= 15 is 0 Å². The van der Waals surface area contributed by atoms with Gasteiger partial charge in [0, 0.05) is 12.1 Å². The largest absolute Gasteiger partial charge is 0.253 e. The van der Waals surface area contributed by atoms with E-state index in [0.717, 1.165) is 17.8 Å². The van der Waals surface area contributed by atoms with Gasteiger partial charge < -0.3 is 0 Å². The van der Waals surface area contributed by atoms with E-state index in [2.05, 4.69) is 15.0 Å². The molecule has 0 aliphatic carbocycles. The lowest BCUT2D eigenvalue weighted by Gasteiger charge is -1.97. The molecule has 0 saturated heterocycles. The van der Waals surface area contributed by atoms with Gasteiger partial charge in [0.25, 0.3) is 0 Å². The van der Waals surface area contributed by atoms with Crippen LogP contribution in [0.3, 0.4) is 0 Å². The molecule has 0 bridgehead atoms. The van der Waals surface area contributed by atoms with E-state index in [9.17, 15) is 0 Å². The van der Waals surface area contributed by atoms with Crippen molar-refractivity contribution in [3.8, 4) is 0 Å². The van der Waals surface area contributed by atoms with Gasteiger partial charge in [0.2, 0.25) is 5.28 Å². The Morgan fingerprint density at radius 3 is 2.75 bits per heavy atom. The summed E-state index contributed by atoms with van der Waals surface area (Å²) in [5, 5.41) is 0.519. The average Bonchev–Trinajstić information content (AvgIpc) is 2.29. The van der Waals surface area contributed by atoms with E-state index in [1.54, 1.807) is 0 Å².